The maximum absolute atomic E-state index is 12.5. The van der Waals surface area contributed by atoms with Gasteiger partial charge in [-0.05, 0) is 55.2 Å². The summed E-state index contributed by atoms with van der Waals surface area (Å²) in [7, 11) is 0. The first-order valence-electron chi connectivity index (χ1n) is 11.2. The Labute approximate surface area is 194 Å². The van der Waals surface area contributed by atoms with Crippen LogP contribution >= 0.6 is 0 Å². The highest BCUT2D eigenvalue weighted by Crippen LogP contribution is 2.42. The normalized spacial score (nSPS) is 14.9. The van der Waals surface area contributed by atoms with Gasteiger partial charge in [-0.25, -0.2) is 4.98 Å². The Kier molecular flexibility index (Phi) is 4.66. The van der Waals surface area contributed by atoms with Gasteiger partial charge in [0.25, 0.3) is 5.91 Å². The molecule has 5 aromatic rings. The minimum Gasteiger partial charge on any atom is -0.453 e. The Bertz CT molecular complexity index is 1580. The van der Waals surface area contributed by atoms with Crippen molar-refractivity contribution >= 4 is 50.4 Å². The number of aryl methyl sites for hydroxylation is 1. The van der Waals surface area contributed by atoms with Crippen molar-refractivity contribution in [1.82, 2.24) is 15.2 Å². The molecule has 0 aliphatic carbocycles. The molecule has 1 amide bonds. The van der Waals surface area contributed by atoms with Crippen LogP contribution in [-0.2, 0) is 4.74 Å². The molecule has 4 heterocycles. The number of carbonyl (C=O) groups excluding carboxylic acids is 1. The molecule has 34 heavy (non-hydrogen) atoms. The van der Waals surface area contributed by atoms with Crippen molar-refractivity contribution in [2.75, 3.05) is 24.3 Å². The number of nitrogens with zero attached hydrogens (tertiary/aromatic N) is 2. The number of pyridine rings is 1. The van der Waals surface area contributed by atoms with Crippen LogP contribution in [0.15, 0.2) is 40.9 Å². The molecule has 0 spiro atoms. The molecule has 2 aromatic carbocycles. The van der Waals surface area contributed by atoms with Crippen LogP contribution < -0.4 is 16.8 Å². The maximum Gasteiger partial charge on any atom is 0.254 e. The molecule has 6 N–H and O–H groups in total. The fourth-order valence-corrected chi connectivity index (χ4v) is 4.86. The van der Waals surface area contributed by atoms with Crippen LogP contribution in [0.25, 0.3) is 44.1 Å². The Morgan fingerprint density at radius 3 is 2.79 bits per heavy atom. The van der Waals surface area contributed by atoms with E-state index >= 15 is 0 Å². The highest BCUT2D eigenvalue weighted by atomic mass is 16.5. The lowest BCUT2D eigenvalue weighted by molar-refractivity contribution is 0.0904. The number of ether oxygens (including phenoxy) is 1. The summed E-state index contributed by atoms with van der Waals surface area (Å²) in [5, 5.41) is 12.3. The van der Waals surface area contributed by atoms with E-state index in [1.807, 2.05) is 37.3 Å². The number of carbonyl (C=O) groups is 1. The zero-order chi connectivity index (χ0) is 23.4. The summed E-state index contributed by atoms with van der Waals surface area (Å²) in [4.78, 5) is 17.4. The Balaban J connectivity index is 1.60. The first-order valence-corrected chi connectivity index (χ1v) is 11.2. The summed E-state index contributed by atoms with van der Waals surface area (Å²) in [6.45, 7) is 3.47. The zero-order valence-electron chi connectivity index (χ0n) is 18.6. The summed E-state index contributed by atoms with van der Waals surface area (Å²) in [5.74, 6) is 0.0928. The number of hydrogen-bond acceptors (Lipinski definition) is 7. The van der Waals surface area contributed by atoms with E-state index in [1.165, 1.54) is 0 Å². The van der Waals surface area contributed by atoms with E-state index < -0.39 is 5.91 Å². The number of H-pyrrole nitrogens is 1. The average Bonchev–Trinajstić information content (AvgIpc) is 3.43. The summed E-state index contributed by atoms with van der Waals surface area (Å²) >= 11 is 0. The standard InChI is InChI=1S/C25H24N6O3/c1-12-2-3-17-16(11-28-31-17)20(12)14-10-15-23-18(34-24(15)21(22(14)26)25(27)32)4-5-19(30-23)29-13-6-8-33-9-7-13/h2-5,10-11,13H,6-9,26H2,1H3,(H2,27,32)(H,28,31)(H,29,30). The highest BCUT2D eigenvalue weighted by Gasteiger charge is 2.24. The predicted octanol–water partition coefficient (Wildman–Crippen LogP) is 4.10. The van der Waals surface area contributed by atoms with Crippen LogP contribution in [0.4, 0.5) is 11.5 Å². The molecule has 3 aromatic heterocycles. The SMILES string of the molecule is Cc1ccc2[nH]ncc2c1-c1cc2c(oc3ccc(NC4CCOCC4)nc32)c(C(N)=O)c1N. The number of amides is 1. The molecule has 1 aliphatic rings. The van der Waals surface area contributed by atoms with Crippen molar-refractivity contribution < 1.29 is 13.9 Å². The topological polar surface area (TPSA) is 145 Å². The molecule has 6 rings (SSSR count). The van der Waals surface area contributed by atoms with Gasteiger partial charge in [0.2, 0.25) is 0 Å². The van der Waals surface area contributed by atoms with Gasteiger partial charge in [-0.1, -0.05) is 6.07 Å². The number of hydrogen-bond donors (Lipinski definition) is 4. The number of benzene rings is 2. The monoisotopic (exact) mass is 456 g/mol. The maximum atomic E-state index is 12.5. The third-order valence-corrected chi connectivity index (χ3v) is 6.57. The predicted molar refractivity (Wildman–Crippen MR) is 132 cm³/mol. The third-order valence-electron chi connectivity index (χ3n) is 6.57. The quantitative estimate of drug-likeness (QED) is 0.298. The van der Waals surface area contributed by atoms with Gasteiger partial charge in [0, 0.05) is 35.6 Å². The second kappa shape index (κ2) is 7.74. The summed E-state index contributed by atoms with van der Waals surface area (Å²) in [6.07, 6.45) is 3.60. The number of aromatic amines is 1. The highest BCUT2D eigenvalue weighted by molar-refractivity contribution is 6.19. The molecule has 0 saturated carbocycles. The smallest absolute Gasteiger partial charge is 0.254 e. The summed E-state index contributed by atoms with van der Waals surface area (Å²) in [6, 6.07) is 9.92. The summed E-state index contributed by atoms with van der Waals surface area (Å²) < 4.78 is 11.5. The lowest BCUT2D eigenvalue weighted by atomic mass is 9.92. The van der Waals surface area contributed by atoms with Crippen LogP contribution in [0.1, 0.15) is 28.8 Å². The van der Waals surface area contributed by atoms with E-state index in [9.17, 15) is 4.79 Å². The van der Waals surface area contributed by atoms with Crippen LogP contribution in [0.5, 0.6) is 0 Å². The van der Waals surface area contributed by atoms with E-state index in [0.717, 1.165) is 53.9 Å². The first-order chi connectivity index (χ1) is 16.5. The second-order valence-electron chi connectivity index (χ2n) is 8.72. The van der Waals surface area contributed by atoms with Crippen molar-refractivity contribution in [2.45, 2.75) is 25.8 Å². The van der Waals surface area contributed by atoms with Crippen LogP contribution in [0.3, 0.4) is 0 Å². The molecular formula is C25H24N6O3. The number of nitrogens with one attached hydrogen (secondary N) is 2. The second-order valence-corrected chi connectivity index (χ2v) is 8.72. The molecule has 172 valence electrons. The molecule has 0 bridgehead atoms. The van der Waals surface area contributed by atoms with Crippen molar-refractivity contribution in [3.05, 3.63) is 47.7 Å². The lowest BCUT2D eigenvalue weighted by Gasteiger charge is -2.23. The largest absolute Gasteiger partial charge is 0.453 e. The molecular weight excluding hydrogens is 432 g/mol. The van der Waals surface area contributed by atoms with E-state index in [2.05, 4.69) is 15.5 Å². The van der Waals surface area contributed by atoms with Crippen LogP contribution in [0.2, 0.25) is 0 Å². The first kappa shape index (κ1) is 20.5. The van der Waals surface area contributed by atoms with Gasteiger partial charge in [-0.15, -0.1) is 0 Å². The van der Waals surface area contributed by atoms with Crippen molar-refractivity contribution in [3.8, 4) is 11.1 Å². The Morgan fingerprint density at radius 2 is 2.00 bits per heavy atom. The van der Waals surface area contributed by atoms with Crippen LogP contribution in [-0.4, -0.2) is 40.3 Å². The number of primary amides is 1. The number of nitrogens with two attached hydrogens (primary N) is 2. The molecule has 0 atom stereocenters. The Hall–Kier alpha value is -4.11. The Morgan fingerprint density at radius 1 is 1.18 bits per heavy atom. The van der Waals surface area contributed by atoms with Gasteiger partial charge in [0.05, 0.1) is 17.4 Å². The van der Waals surface area contributed by atoms with Crippen molar-refractivity contribution in [3.63, 3.8) is 0 Å². The molecule has 1 fully saturated rings. The van der Waals surface area contributed by atoms with Gasteiger partial charge >= 0.3 is 0 Å². The van der Waals surface area contributed by atoms with E-state index in [4.69, 9.17) is 25.6 Å². The summed E-state index contributed by atoms with van der Waals surface area (Å²) in [5.41, 5.74) is 17.8. The lowest BCUT2D eigenvalue weighted by Crippen LogP contribution is -2.28. The van der Waals surface area contributed by atoms with Gasteiger partial charge in [0.15, 0.2) is 11.2 Å². The van der Waals surface area contributed by atoms with Gasteiger partial charge in [-0.3, -0.25) is 9.89 Å². The molecule has 9 nitrogen and oxygen atoms in total. The number of nitrogen functional groups attached to an aromatic ring is 1. The van der Waals surface area contributed by atoms with Gasteiger partial charge in [0.1, 0.15) is 16.9 Å². The van der Waals surface area contributed by atoms with Crippen molar-refractivity contribution in [2.24, 2.45) is 5.73 Å². The molecule has 0 unspecified atom stereocenters. The number of fused-ring (bicyclic) bond motifs is 4. The minimum absolute atomic E-state index is 0.157. The molecule has 1 saturated heterocycles. The zero-order valence-corrected chi connectivity index (χ0v) is 18.6. The third kappa shape index (κ3) is 3.16. The van der Waals surface area contributed by atoms with Gasteiger partial charge < -0.3 is 25.9 Å². The van der Waals surface area contributed by atoms with Gasteiger partial charge in [-0.2, -0.15) is 5.10 Å². The van der Waals surface area contributed by atoms with E-state index in [1.54, 1.807) is 6.20 Å². The molecule has 0 radical (unpaired) electrons. The number of rotatable bonds is 4. The van der Waals surface area contributed by atoms with Crippen molar-refractivity contribution in [1.29, 1.82) is 0 Å². The molecule has 1 aliphatic heterocycles. The number of anilines is 2. The minimum atomic E-state index is -0.652. The fraction of sp³-hybridized carbons (Fsp3) is 0.240. The number of aromatic nitrogens is 3. The fourth-order valence-electron chi connectivity index (χ4n) is 4.86. The molecule has 9 heteroatoms. The van der Waals surface area contributed by atoms with E-state index in [0.29, 0.717) is 33.7 Å². The number of furan rings is 1. The average molecular weight is 457 g/mol. The van der Waals surface area contributed by atoms with E-state index in [-0.39, 0.29) is 11.3 Å². The van der Waals surface area contributed by atoms with Crippen LogP contribution in [0, 0.1) is 6.92 Å².